The minimum atomic E-state index is -3.25. The third kappa shape index (κ3) is 2.27. The van der Waals surface area contributed by atoms with Crippen LogP contribution in [0, 0.1) is 6.92 Å². The highest BCUT2D eigenvalue weighted by molar-refractivity contribution is 7.92. The summed E-state index contributed by atoms with van der Waals surface area (Å²) in [6, 6.07) is 3.62. The zero-order valence-electron chi connectivity index (χ0n) is 8.93. The summed E-state index contributed by atoms with van der Waals surface area (Å²) in [5.74, 6) is 0. The van der Waals surface area contributed by atoms with Gasteiger partial charge in [0.2, 0.25) is 10.0 Å². The molecule has 0 atom stereocenters. The molecule has 2 aromatic rings. The quantitative estimate of drug-likeness (QED) is 0.854. The maximum Gasteiger partial charge on any atom is 0.229 e. The molecule has 0 spiro atoms. The van der Waals surface area contributed by atoms with Gasteiger partial charge < -0.3 is 0 Å². The average molecular weight is 237 g/mol. The molecular weight excluding hydrogens is 226 g/mol. The number of nitrogens with zero attached hydrogens (tertiary/aromatic N) is 2. The molecule has 84 valence electrons. The van der Waals surface area contributed by atoms with Crippen molar-refractivity contribution in [2.75, 3.05) is 11.0 Å². The van der Waals surface area contributed by atoms with Gasteiger partial charge >= 0.3 is 0 Å². The van der Waals surface area contributed by atoms with Gasteiger partial charge in [0.25, 0.3) is 0 Å². The van der Waals surface area contributed by atoms with E-state index in [0.717, 1.165) is 22.6 Å². The van der Waals surface area contributed by atoms with E-state index in [1.165, 1.54) is 0 Å². The first-order valence-corrected chi connectivity index (χ1v) is 6.54. The fraction of sp³-hybridized carbons (Fsp3) is 0.200. The second kappa shape index (κ2) is 3.71. The van der Waals surface area contributed by atoms with Crippen molar-refractivity contribution in [1.82, 2.24) is 10.2 Å². The average Bonchev–Trinajstić information content (AvgIpc) is 2.17. The van der Waals surface area contributed by atoms with Crippen molar-refractivity contribution in [2.45, 2.75) is 6.92 Å². The lowest BCUT2D eigenvalue weighted by molar-refractivity contribution is 0.607. The van der Waals surface area contributed by atoms with E-state index >= 15 is 0 Å². The van der Waals surface area contributed by atoms with Crippen LogP contribution in [0.4, 0.5) is 5.69 Å². The molecule has 2 rings (SSSR count). The summed E-state index contributed by atoms with van der Waals surface area (Å²) < 4.78 is 24.8. The van der Waals surface area contributed by atoms with E-state index in [9.17, 15) is 8.42 Å². The van der Waals surface area contributed by atoms with Gasteiger partial charge in [0.15, 0.2) is 0 Å². The van der Waals surface area contributed by atoms with Crippen LogP contribution in [0.15, 0.2) is 24.5 Å². The second-order valence-corrected chi connectivity index (χ2v) is 5.41. The van der Waals surface area contributed by atoms with Gasteiger partial charge in [-0.05, 0) is 24.6 Å². The predicted octanol–water partition coefficient (Wildman–Crippen LogP) is 1.31. The van der Waals surface area contributed by atoms with E-state index in [1.54, 1.807) is 18.5 Å². The topological polar surface area (TPSA) is 72.0 Å². The molecule has 0 aliphatic rings. The van der Waals surface area contributed by atoms with Crippen molar-refractivity contribution in [3.05, 3.63) is 30.1 Å². The van der Waals surface area contributed by atoms with E-state index in [2.05, 4.69) is 14.9 Å². The van der Waals surface area contributed by atoms with Crippen LogP contribution < -0.4 is 4.72 Å². The maximum absolute atomic E-state index is 11.1. The van der Waals surface area contributed by atoms with E-state index < -0.39 is 10.0 Å². The lowest BCUT2D eigenvalue weighted by Crippen LogP contribution is -2.10. The minimum absolute atomic E-state index is 0.572. The molecule has 0 aliphatic heterocycles. The summed E-state index contributed by atoms with van der Waals surface area (Å²) in [5.41, 5.74) is 1.42. The number of aryl methyl sites for hydroxylation is 1. The highest BCUT2D eigenvalue weighted by Gasteiger charge is 2.06. The number of aromatic nitrogens is 2. The van der Waals surface area contributed by atoms with Gasteiger partial charge in [-0.2, -0.15) is 10.2 Å². The molecule has 0 unspecified atom stereocenters. The summed E-state index contributed by atoms with van der Waals surface area (Å²) in [6.45, 7) is 1.84. The molecule has 0 radical (unpaired) electrons. The van der Waals surface area contributed by atoms with Crippen molar-refractivity contribution < 1.29 is 8.42 Å². The van der Waals surface area contributed by atoms with Crippen LogP contribution in [0.3, 0.4) is 0 Å². The number of sulfonamides is 1. The summed E-state index contributed by atoms with van der Waals surface area (Å²) in [5, 5.41) is 9.31. The van der Waals surface area contributed by atoms with Crippen LogP contribution >= 0.6 is 0 Å². The van der Waals surface area contributed by atoms with E-state index in [0.29, 0.717) is 5.69 Å². The lowest BCUT2D eigenvalue weighted by atomic mass is 10.1. The molecule has 0 aliphatic carbocycles. The summed E-state index contributed by atoms with van der Waals surface area (Å²) in [7, 11) is -3.25. The molecule has 0 fully saturated rings. The molecule has 0 bridgehead atoms. The van der Waals surface area contributed by atoms with Crippen molar-refractivity contribution in [1.29, 1.82) is 0 Å². The third-order valence-electron chi connectivity index (χ3n) is 2.19. The van der Waals surface area contributed by atoms with Crippen molar-refractivity contribution in [3.8, 4) is 0 Å². The number of fused-ring (bicyclic) bond motifs is 1. The molecule has 16 heavy (non-hydrogen) atoms. The largest absolute Gasteiger partial charge is 0.283 e. The van der Waals surface area contributed by atoms with Gasteiger partial charge in [-0.25, -0.2) is 8.42 Å². The molecule has 0 amide bonds. The van der Waals surface area contributed by atoms with Crippen LogP contribution in [0.25, 0.3) is 10.8 Å². The van der Waals surface area contributed by atoms with Gasteiger partial charge in [0, 0.05) is 10.8 Å². The Balaban J connectivity index is 2.58. The SMILES string of the molecule is Cc1cc2cnncc2cc1NS(C)(=O)=O. The first-order valence-electron chi connectivity index (χ1n) is 4.64. The van der Waals surface area contributed by atoms with Gasteiger partial charge in [0.05, 0.1) is 24.3 Å². The first-order chi connectivity index (χ1) is 7.46. The molecule has 5 nitrogen and oxygen atoms in total. The number of benzene rings is 1. The lowest BCUT2D eigenvalue weighted by Gasteiger charge is -2.08. The Morgan fingerprint density at radius 3 is 2.25 bits per heavy atom. The van der Waals surface area contributed by atoms with Crippen molar-refractivity contribution >= 4 is 26.5 Å². The molecule has 0 saturated heterocycles. The minimum Gasteiger partial charge on any atom is -0.283 e. The van der Waals surface area contributed by atoms with Gasteiger partial charge in [0.1, 0.15) is 0 Å². The number of hydrogen-bond donors (Lipinski definition) is 1. The zero-order valence-corrected chi connectivity index (χ0v) is 9.75. The van der Waals surface area contributed by atoms with Crippen LogP contribution in [0.1, 0.15) is 5.56 Å². The van der Waals surface area contributed by atoms with E-state index in [1.807, 2.05) is 13.0 Å². The Kier molecular flexibility index (Phi) is 2.51. The van der Waals surface area contributed by atoms with Crippen molar-refractivity contribution in [3.63, 3.8) is 0 Å². The third-order valence-corrected chi connectivity index (χ3v) is 2.78. The van der Waals surface area contributed by atoms with Gasteiger partial charge in [-0.3, -0.25) is 4.72 Å². The number of hydrogen-bond acceptors (Lipinski definition) is 4. The van der Waals surface area contributed by atoms with Gasteiger partial charge in [-0.1, -0.05) is 0 Å². The molecule has 1 heterocycles. The molecule has 0 saturated carbocycles. The summed E-state index contributed by atoms with van der Waals surface area (Å²) in [4.78, 5) is 0. The van der Waals surface area contributed by atoms with E-state index in [4.69, 9.17) is 0 Å². The Bertz CT molecular complexity index is 638. The highest BCUT2D eigenvalue weighted by atomic mass is 32.2. The smallest absolute Gasteiger partial charge is 0.229 e. The number of rotatable bonds is 2. The predicted molar refractivity (Wildman–Crippen MR) is 62.7 cm³/mol. The summed E-state index contributed by atoms with van der Waals surface area (Å²) in [6.07, 6.45) is 4.37. The first kappa shape index (κ1) is 10.8. The van der Waals surface area contributed by atoms with Crippen LogP contribution in [-0.2, 0) is 10.0 Å². The number of anilines is 1. The molecule has 1 aromatic carbocycles. The van der Waals surface area contributed by atoms with Crippen LogP contribution in [-0.4, -0.2) is 24.9 Å². The van der Waals surface area contributed by atoms with Crippen molar-refractivity contribution in [2.24, 2.45) is 0 Å². The standard InChI is InChI=1S/C10H11N3O2S/c1-7-3-8-5-11-12-6-9(8)4-10(7)13-16(2,14)15/h3-6,13H,1-2H3. The molecular formula is C10H11N3O2S. The summed E-state index contributed by atoms with van der Waals surface area (Å²) >= 11 is 0. The molecule has 1 aromatic heterocycles. The fourth-order valence-electron chi connectivity index (χ4n) is 1.47. The Morgan fingerprint density at radius 1 is 1.12 bits per heavy atom. The number of nitrogens with one attached hydrogen (secondary N) is 1. The van der Waals surface area contributed by atoms with Crippen LogP contribution in [0.2, 0.25) is 0 Å². The maximum atomic E-state index is 11.1. The van der Waals surface area contributed by atoms with Crippen LogP contribution in [0.5, 0.6) is 0 Å². The fourth-order valence-corrected chi connectivity index (χ4v) is 2.09. The normalized spacial score (nSPS) is 11.6. The Morgan fingerprint density at radius 2 is 1.69 bits per heavy atom. The highest BCUT2D eigenvalue weighted by Crippen LogP contribution is 2.22. The molecule has 6 heteroatoms. The Hall–Kier alpha value is -1.69. The monoisotopic (exact) mass is 237 g/mol. The second-order valence-electron chi connectivity index (χ2n) is 3.66. The molecule has 1 N–H and O–H groups in total. The van der Waals surface area contributed by atoms with Gasteiger partial charge in [-0.15, -0.1) is 0 Å². The zero-order chi connectivity index (χ0) is 11.8. The Labute approximate surface area is 93.6 Å². The van der Waals surface area contributed by atoms with E-state index in [-0.39, 0.29) is 0 Å².